The fraction of sp³-hybridized carbons (Fsp3) is 0.353. The summed E-state index contributed by atoms with van der Waals surface area (Å²) >= 11 is 1.53. The second-order valence-electron chi connectivity index (χ2n) is 11.7. The zero-order valence-electron chi connectivity index (χ0n) is 25.8. The third kappa shape index (κ3) is 8.10. The van der Waals surface area contributed by atoms with Crippen LogP contribution in [-0.4, -0.2) is 44.4 Å². The molecule has 2 aromatic heterocycles. The Morgan fingerprint density at radius 2 is 1.85 bits per heavy atom. The van der Waals surface area contributed by atoms with Crippen LogP contribution in [0.15, 0.2) is 66.0 Å². The number of amides is 2. The van der Waals surface area contributed by atoms with Crippen LogP contribution in [0.3, 0.4) is 0 Å². The standard InChI is InChI=1S/C34H36F3N5O3S/c1-20-13-25(17-29(39-20)33(45)42-12-6-11-30(42)32-41-22(3)19-46-32)31(44)40-21(2)14-28(24-8-5-10-27(43)16-24)38-18-23-7-4-9-26(15-23)34(35,36)37/h4-5,7-10,13,15-17,19,21,28,30,38,43H,6,11-12,14,18H2,1-3H3,(H,40,44)/t21-,28?,30+/m0/s1. The molecule has 0 spiro atoms. The number of halogens is 3. The summed E-state index contributed by atoms with van der Waals surface area (Å²) < 4.78 is 39.8. The number of carbonyl (C=O) groups is 2. The van der Waals surface area contributed by atoms with E-state index >= 15 is 0 Å². The van der Waals surface area contributed by atoms with Crippen molar-refractivity contribution in [3.63, 3.8) is 0 Å². The van der Waals surface area contributed by atoms with Gasteiger partial charge in [-0.2, -0.15) is 13.2 Å². The van der Waals surface area contributed by atoms with Crippen molar-refractivity contribution in [2.24, 2.45) is 0 Å². The molecule has 3 atom stereocenters. The maximum Gasteiger partial charge on any atom is 0.416 e. The van der Waals surface area contributed by atoms with Crippen molar-refractivity contribution in [1.29, 1.82) is 0 Å². The Labute approximate surface area is 269 Å². The van der Waals surface area contributed by atoms with Gasteiger partial charge in [-0.25, -0.2) is 9.97 Å². The molecule has 1 unspecified atom stereocenters. The van der Waals surface area contributed by atoms with Gasteiger partial charge in [-0.15, -0.1) is 11.3 Å². The number of likely N-dealkylation sites (tertiary alicyclic amines) is 1. The molecule has 0 aliphatic carbocycles. The van der Waals surface area contributed by atoms with Crippen LogP contribution in [-0.2, 0) is 12.7 Å². The topological polar surface area (TPSA) is 107 Å². The Morgan fingerprint density at radius 3 is 2.57 bits per heavy atom. The van der Waals surface area contributed by atoms with Gasteiger partial charge in [-0.05, 0) is 81.5 Å². The summed E-state index contributed by atoms with van der Waals surface area (Å²) in [4.78, 5) is 37.8. The van der Waals surface area contributed by atoms with Crippen molar-refractivity contribution >= 4 is 23.2 Å². The second-order valence-corrected chi connectivity index (χ2v) is 12.6. The van der Waals surface area contributed by atoms with Crippen molar-refractivity contribution in [2.75, 3.05) is 6.54 Å². The Hall–Kier alpha value is -4.29. The lowest BCUT2D eigenvalue weighted by Gasteiger charge is -2.25. The van der Waals surface area contributed by atoms with Crippen LogP contribution < -0.4 is 10.6 Å². The first-order valence-corrected chi connectivity index (χ1v) is 16.0. The normalized spacial score (nSPS) is 16.3. The number of hydrogen-bond acceptors (Lipinski definition) is 7. The summed E-state index contributed by atoms with van der Waals surface area (Å²) in [6, 6.07) is 13.9. The zero-order chi connectivity index (χ0) is 33.0. The monoisotopic (exact) mass is 651 g/mol. The third-order valence-electron chi connectivity index (χ3n) is 7.92. The number of aromatic hydroxyl groups is 1. The first-order chi connectivity index (χ1) is 21.9. The van der Waals surface area contributed by atoms with Gasteiger partial charge in [0.05, 0.1) is 11.6 Å². The Kier molecular flexibility index (Phi) is 10.1. The summed E-state index contributed by atoms with van der Waals surface area (Å²) in [5, 5.41) is 19.2. The molecule has 46 heavy (non-hydrogen) atoms. The third-order valence-corrected chi connectivity index (χ3v) is 8.98. The number of thiazole rings is 1. The molecule has 2 aromatic carbocycles. The molecular formula is C34H36F3N5O3S. The predicted octanol–water partition coefficient (Wildman–Crippen LogP) is 6.90. The number of phenols is 1. The summed E-state index contributed by atoms with van der Waals surface area (Å²) in [6.07, 6.45) is -2.41. The predicted molar refractivity (Wildman–Crippen MR) is 170 cm³/mol. The molecule has 0 bridgehead atoms. The van der Waals surface area contributed by atoms with Crippen LogP contribution in [0.1, 0.15) is 92.2 Å². The number of rotatable bonds is 10. The van der Waals surface area contributed by atoms with Gasteiger partial charge in [0, 0.05) is 47.5 Å². The highest BCUT2D eigenvalue weighted by atomic mass is 32.1. The molecule has 3 heterocycles. The van der Waals surface area contributed by atoms with Crippen LogP contribution in [0, 0.1) is 13.8 Å². The number of phenolic OH excluding ortho intramolecular Hbond substituents is 1. The quantitative estimate of drug-likeness (QED) is 0.172. The molecule has 0 radical (unpaired) electrons. The highest BCUT2D eigenvalue weighted by molar-refractivity contribution is 7.09. The number of nitrogens with zero attached hydrogens (tertiary/aromatic N) is 3. The molecule has 12 heteroatoms. The van der Waals surface area contributed by atoms with Gasteiger partial charge in [-0.1, -0.05) is 30.3 Å². The number of pyridine rings is 1. The summed E-state index contributed by atoms with van der Waals surface area (Å²) in [5.41, 5.74) is 2.38. The van der Waals surface area contributed by atoms with Gasteiger partial charge < -0.3 is 20.6 Å². The smallest absolute Gasteiger partial charge is 0.416 e. The molecular weight excluding hydrogens is 615 g/mol. The van der Waals surface area contributed by atoms with Gasteiger partial charge in [0.2, 0.25) is 0 Å². The van der Waals surface area contributed by atoms with E-state index < -0.39 is 23.8 Å². The molecule has 0 saturated carbocycles. The fourth-order valence-electron chi connectivity index (χ4n) is 5.75. The van der Waals surface area contributed by atoms with Crippen LogP contribution in [0.5, 0.6) is 5.75 Å². The molecule has 4 aromatic rings. The molecule has 8 nitrogen and oxygen atoms in total. The van der Waals surface area contributed by atoms with E-state index in [0.29, 0.717) is 29.8 Å². The maximum absolute atomic E-state index is 13.6. The number of aromatic nitrogens is 2. The highest BCUT2D eigenvalue weighted by Gasteiger charge is 2.34. The number of benzene rings is 2. The average molecular weight is 652 g/mol. The van der Waals surface area contributed by atoms with Crippen LogP contribution >= 0.6 is 11.3 Å². The van der Waals surface area contributed by atoms with E-state index in [2.05, 4.69) is 20.6 Å². The number of carbonyl (C=O) groups excluding carboxylic acids is 2. The average Bonchev–Trinajstić information content (AvgIpc) is 3.67. The minimum Gasteiger partial charge on any atom is -0.508 e. The molecule has 1 aliphatic rings. The summed E-state index contributed by atoms with van der Waals surface area (Å²) in [5.74, 6) is -0.577. The fourth-order valence-corrected chi connectivity index (χ4v) is 6.69. The van der Waals surface area contributed by atoms with Crippen LogP contribution in [0.4, 0.5) is 13.2 Å². The van der Waals surface area contributed by atoms with E-state index in [9.17, 15) is 27.9 Å². The molecule has 1 aliphatic heterocycles. The lowest BCUT2D eigenvalue weighted by atomic mass is 9.98. The first kappa shape index (κ1) is 33.1. The molecule has 3 N–H and O–H groups in total. The largest absolute Gasteiger partial charge is 0.508 e. The summed E-state index contributed by atoms with van der Waals surface area (Å²) in [6.45, 7) is 6.20. The van der Waals surface area contributed by atoms with Crippen LogP contribution in [0.25, 0.3) is 0 Å². The number of alkyl halides is 3. The van der Waals surface area contributed by atoms with Gasteiger partial charge in [-0.3, -0.25) is 9.59 Å². The molecule has 1 fully saturated rings. The molecule has 242 valence electrons. The molecule has 5 rings (SSSR count). The number of aryl methyl sites for hydroxylation is 2. The second kappa shape index (κ2) is 14.0. The van der Waals surface area contributed by atoms with Crippen molar-refractivity contribution < 1.29 is 27.9 Å². The van der Waals surface area contributed by atoms with Gasteiger partial charge in [0.25, 0.3) is 11.8 Å². The number of nitrogens with one attached hydrogen (secondary N) is 2. The van der Waals surface area contributed by atoms with E-state index in [4.69, 9.17) is 0 Å². The van der Waals surface area contributed by atoms with Crippen molar-refractivity contribution in [3.05, 3.63) is 110 Å². The Bertz CT molecular complexity index is 1710. The highest BCUT2D eigenvalue weighted by Crippen LogP contribution is 2.35. The van der Waals surface area contributed by atoms with Crippen LogP contribution in [0.2, 0.25) is 0 Å². The molecule has 1 saturated heterocycles. The van der Waals surface area contributed by atoms with Crippen molar-refractivity contribution in [3.8, 4) is 5.75 Å². The van der Waals surface area contributed by atoms with E-state index in [1.54, 1.807) is 42.2 Å². The van der Waals surface area contributed by atoms with E-state index in [0.717, 1.165) is 41.2 Å². The Morgan fingerprint density at radius 1 is 1.07 bits per heavy atom. The van der Waals surface area contributed by atoms with Crippen molar-refractivity contribution in [1.82, 2.24) is 25.5 Å². The first-order valence-electron chi connectivity index (χ1n) is 15.1. The SMILES string of the molecule is Cc1cc(C(=O)N[C@@H](C)CC(NCc2cccc(C(F)(F)F)c2)c2cccc(O)c2)cc(C(=O)N2CCC[C@@H]2c2nc(C)cs2)n1. The lowest BCUT2D eigenvalue weighted by molar-refractivity contribution is -0.137. The van der Waals surface area contributed by atoms with Gasteiger partial charge in [0.15, 0.2) is 0 Å². The van der Waals surface area contributed by atoms with E-state index in [1.165, 1.54) is 29.5 Å². The van der Waals surface area contributed by atoms with Gasteiger partial charge in [0.1, 0.15) is 16.5 Å². The zero-order valence-corrected chi connectivity index (χ0v) is 26.6. The minimum absolute atomic E-state index is 0.0507. The molecule has 2 amide bonds. The lowest BCUT2D eigenvalue weighted by Crippen LogP contribution is -2.36. The van der Waals surface area contributed by atoms with Crippen molar-refractivity contribution in [2.45, 2.75) is 70.9 Å². The number of hydrogen-bond donors (Lipinski definition) is 3. The van der Waals surface area contributed by atoms with E-state index in [1.807, 2.05) is 19.2 Å². The minimum atomic E-state index is -4.45. The van der Waals surface area contributed by atoms with E-state index in [-0.39, 0.29) is 35.8 Å². The Balaban J connectivity index is 1.29. The van der Waals surface area contributed by atoms with Gasteiger partial charge >= 0.3 is 6.18 Å². The maximum atomic E-state index is 13.6. The summed E-state index contributed by atoms with van der Waals surface area (Å²) in [7, 11) is 0.